The van der Waals surface area contributed by atoms with Crippen LogP contribution in [0, 0.1) is 18.6 Å². The van der Waals surface area contributed by atoms with Crippen molar-refractivity contribution in [3.63, 3.8) is 0 Å². The van der Waals surface area contributed by atoms with E-state index in [1.54, 1.807) is 6.92 Å². The van der Waals surface area contributed by atoms with Crippen molar-refractivity contribution in [3.8, 4) is 0 Å². The van der Waals surface area contributed by atoms with Crippen LogP contribution in [0.2, 0.25) is 0 Å². The average molecular weight is 198 g/mol. The molecule has 0 spiro atoms. The number of aliphatic carboxylic acids is 1. The van der Waals surface area contributed by atoms with Crippen molar-refractivity contribution < 1.29 is 18.7 Å². The highest BCUT2D eigenvalue weighted by Crippen LogP contribution is 2.17. The van der Waals surface area contributed by atoms with Crippen LogP contribution in [-0.2, 0) is 4.79 Å². The van der Waals surface area contributed by atoms with E-state index in [9.17, 15) is 13.6 Å². The summed E-state index contributed by atoms with van der Waals surface area (Å²) in [5.41, 5.74) is 0.453. The molecule has 0 radical (unpaired) electrons. The fourth-order valence-electron chi connectivity index (χ4n) is 1.02. The summed E-state index contributed by atoms with van der Waals surface area (Å²) < 4.78 is 25.8. The molecule has 1 aromatic rings. The molecule has 0 fully saturated rings. The molecule has 74 valence electrons. The van der Waals surface area contributed by atoms with Crippen LogP contribution < -0.4 is 0 Å². The average Bonchev–Trinajstić information content (AvgIpc) is 2.11. The lowest BCUT2D eigenvalue weighted by atomic mass is 10.1. The van der Waals surface area contributed by atoms with Crippen molar-refractivity contribution in [1.82, 2.24) is 0 Å². The molecule has 0 aromatic heterocycles. The number of aryl methyl sites for hydroxylation is 1. The number of carbonyl (C=O) groups is 1. The van der Waals surface area contributed by atoms with Gasteiger partial charge < -0.3 is 5.11 Å². The molecule has 0 aliphatic heterocycles. The smallest absolute Gasteiger partial charge is 0.328 e. The van der Waals surface area contributed by atoms with Gasteiger partial charge in [0, 0.05) is 11.6 Å². The maximum Gasteiger partial charge on any atom is 0.328 e. The van der Waals surface area contributed by atoms with Crippen LogP contribution in [0.1, 0.15) is 11.1 Å². The van der Waals surface area contributed by atoms with E-state index >= 15 is 0 Å². The van der Waals surface area contributed by atoms with Crippen molar-refractivity contribution >= 4 is 12.0 Å². The fraction of sp³-hybridized carbons (Fsp3) is 0.100. The third kappa shape index (κ3) is 2.16. The minimum absolute atomic E-state index is 0.0348. The van der Waals surface area contributed by atoms with Gasteiger partial charge in [-0.3, -0.25) is 0 Å². The Balaban J connectivity index is 3.19. The lowest BCUT2D eigenvalue weighted by molar-refractivity contribution is -0.131. The van der Waals surface area contributed by atoms with E-state index in [1.807, 2.05) is 0 Å². The van der Waals surface area contributed by atoms with Gasteiger partial charge in [-0.2, -0.15) is 0 Å². The molecule has 14 heavy (non-hydrogen) atoms. The van der Waals surface area contributed by atoms with E-state index in [1.165, 1.54) is 6.07 Å². The van der Waals surface area contributed by atoms with Crippen molar-refractivity contribution in [1.29, 1.82) is 0 Å². The number of carboxylic acids is 1. The predicted octanol–water partition coefficient (Wildman–Crippen LogP) is 2.37. The number of benzene rings is 1. The molecule has 1 rings (SSSR count). The maximum atomic E-state index is 13.1. The highest BCUT2D eigenvalue weighted by molar-refractivity contribution is 5.85. The standard InChI is InChI=1S/C10H8F2O2/c1-6-2-4-8(11)10(12)7(6)3-5-9(13)14/h2-5H,1H3,(H,13,14)/b5-3+. The zero-order valence-electron chi connectivity index (χ0n) is 7.42. The summed E-state index contributed by atoms with van der Waals surface area (Å²) in [7, 11) is 0. The fourth-order valence-corrected chi connectivity index (χ4v) is 1.02. The molecular weight excluding hydrogens is 190 g/mol. The molecule has 4 heteroatoms. The van der Waals surface area contributed by atoms with Crippen molar-refractivity contribution in [2.24, 2.45) is 0 Å². The first kappa shape index (κ1) is 10.4. The van der Waals surface area contributed by atoms with Gasteiger partial charge in [-0.15, -0.1) is 0 Å². The first-order valence-electron chi connectivity index (χ1n) is 3.88. The molecule has 0 bridgehead atoms. The van der Waals surface area contributed by atoms with Gasteiger partial charge in [0.2, 0.25) is 0 Å². The van der Waals surface area contributed by atoms with Gasteiger partial charge >= 0.3 is 5.97 Å². The summed E-state index contributed by atoms with van der Waals surface area (Å²) in [6.07, 6.45) is 1.81. The van der Waals surface area contributed by atoms with Crippen LogP contribution in [0.15, 0.2) is 18.2 Å². The highest BCUT2D eigenvalue weighted by atomic mass is 19.2. The SMILES string of the molecule is Cc1ccc(F)c(F)c1/C=C/C(=O)O. The zero-order valence-corrected chi connectivity index (χ0v) is 7.42. The van der Waals surface area contributed by atoms with E-state index in [2.05, 4.69) is 0 Å². The molecule has 0 heterocycles. The number of halogens is 2. The normalized spacial score (nSPS) is 10.8. The zero-order chi connectivity index (χ0) is 10.7. The molecule has 2 nitrogen and oxygen atoms in total. The summed E-state index contributed by atoms with van der Waals surface area (Å²) >= 11 is 0. The van der Waals surface area contributed by atoms with Crippen molar-refractivity contribution in [2.45, 2.75) is 6.92 Å². The van der Waals surface area contributed by atoms with Crippen LogP contribution in [0.5, 0.6) is 0 Å². The highest BCUT2D eigenvalue weighted by Gasteiger charge is 2.08. The second-order valence-electron chi connectivity index (χ2n) is 2.76. The van der Waals surface area contributed by atoms with E-state index in [0.29, 0.717) is 5.56 Å². The van der Waals surface area contributed by atoms with Gasteiger partial charge in [0.1, 0.15) is 0 Å². The van der Waals surface area contributed by atoms with Crippen molar-refractivity contribution in [3.05, 3.63) is 41.0 Å². The van der Waals surface area contributed by atoms with Gasteiger partial charge in [0.25, 0.3) is 0 Å². The number of carboxylic acid groups (broad SMARTS) is 1. The molecular formula is C10H8F2O2. The molecule has 0 aliphatic carbocycles. The van der Waals surface area contributed by atoms with Crippen LogP contribution in [0.3, 0.4) is 0 Å². The van der Waals surface area contributed by atoms with Crippen LogP contribution in [0.25, 0.3) is 6.08 Å². The quantitative estimate of drug-likeness (QED) is 0.740. The summed E-state index contributed by atoms with van der Waals surface area (Å²) in [6, 6.07) is 2.39. The Morgan fingerprint density at radius 3 is 2.64 bits per heavy atom. The Kier molecular flexibility index (Phi) is 2.96. The molecule has 0 unspecified atom stereocenters. The Morgan fingerprint density at radius 2 is 2.07 bits per heavy atom. The third-order valence-electron chi connectivity index (χ3n) is 1.74. The summed E-state index contributed by atoms with van der Waals surface area (Å²) in [5.74, 6) is -3.21. The second-order valence-corrected chi connectivity index (χ2v) is 2.76. The lowest BCUT2D eigenvalue weighted by Gasteiger charge is -2.02. The van der Waals surface area contributed by atoms with Gasteiger partial charge in [-0.1, -0.05) is 6.07 Å². The Bertz CT molecular complexity index is 397. The van der Waals surface area contributed by atoms with E-state index in [4.69, 9.17) is 5.11 Å². The number of hydrogen-bond acceptors (Lipinski definition) is 1. The van der Waals surface area contributed by atoms with E-state index in [0.717, 1.165) is 18.2 Å². The summed E-state index contributed by atoms with van der Waals surface area (Å²) in [5, 5.41) is 8.32. The van der Waals surface area contributed by atoms with E-state index in [-0.39, 0.29) is 5.56 Å². The van der Waals surface area contributed by atoms with Crippen molar-refractivity contribution in [2.75, 3.05) is 0 Å². The minimum atomic E-state index is -1.20. The molecule has 0 saturated carbocycles. The Morgan fingerprint density at radius 1 is 1.43 bits per heavy atom. The summed E-state index contributed by atoms with van der Waals surface area (Å²) in [6.45, 7) is 1.57. The summed E-state index contributed by atoms with van der Waals surface area (Å²) in [4.78, 5) is 10.2. The number of rotatable bonds is 2. The molecule has 1 N–H and O–H groups in total. The van der Waals surface area contributed by atoms with Gasteiger partial charge in [0.05, 0.1) is 0 Å². The predicted molar refractivity (Wildman–Crippen MR) is 47.8 cm³/mol. The monoisotopic (exact) mass is 198 g/mol. The molecule has 0 atom stereocenters. The maximum absolute atomic E-state index is 13.1. The molecule has 0 aliphatic rings. The van der Waals surface area contributed by atoms with Crippen LogP contribution >= 0.6 is 0 Å². The largest absolute Gasteiger partial charge is 0.478 e. The minimum Gasteiger partial charge on any atom is -0.478 e. The molecule has 1 aromatic carbocycles. The van der Waals surface area contributed by atoms with Gasteiger partial charge in [-0.05, 0) is 24.6 Å². The first-order valence-corrected chi connectivity index (χ1v) is 3.88. The van der Waals surface area contributed by atoms with Crippen LogP contribution in [0.4, 0.5) is 8.78 Å². The first-order chi connectivity index (χ1) is 6.52. The van der Waals surface area contributed by atoms with Crippen LogP contribution in [-0.4, -0.2) is 11.1 Å². The Hall–Kier alpha value is -1.71. The second kappa shape index (κ2) is 4.00. The molecule has 0 amide bonds. The third-order valence-corrected chi connectivity index (χ3v) is 1.74. The van der Waals surface area contributed by atoms with Gasteiger partial charge in [0.15, 0.2) is 11.6 Å². The van der Waals surface area contributed by atoms with Gasteiger partial charge in [-0.25, -0.2) is 13.6 Å². The molecule has 0 saturated heterocycles. The lowest BCUT2D eigenvalue weighted by Crippen LogP contribution is -1.93. The van der Waals surface area contributed by atoms with E-state index < -0.39 is 17.6 Å². The topological polar surface area (TPSA) is 37.3 Å². The Labute approximate surface area is 79.5 Å². The number of hydrogen-bond donors (Lipinski definition) is 1.